The second-order valence-electron chi connectivity index (χ2n) is 10.7. The van der Waals surface area contributed by atoms with Crippen LogP contribution in [-0.2, 0) is 24.0 Å². The Morgan fingerprint density at radius 2 is 1.59 bits per heavy atom. The maximum Gasteiger partial charge on any atom is 0.307 e. The summed E-state index contributed by atoms with van der Waals surface area (Å²) >= 11 is 0. The van der Waals surface area contributed by atoms with Gasteiger partial charge in [-0.3, -0.25) is 24.0 Å². The highest BCUT2D eigenvalue weighted by molar-refractivity contribution is 5.94. The van der Waals surface area contributed by atoms with E-state index in [0.717, 1.165) is 6.42 Å². The standard InChI is InChI=1S/C24H34O8/c1-12(4-7-19(27)28)13-5-6-14-21-15(11-18(26)24(13,14)3)23(2,9-8-20(29)30)16(22(31)32)10-17(21)25/h12-16,21H,4-11H2,1-3H3,(H,27,28)(H,29,30)(H,31,32)/t12-,13+,14-,15+,16-,21-,23-,24-/m1/s1. The number of ketones is 2. The number of hydrogen-bond acceptors (Lipinski definition) is 5. The molecule has 0 radical (unpaired) electrons. The molecule has 0 aromatic rings. The lowest BCUT2D eigenvalue weighted by molar-refractivity contribution is -0.174. The van der Waals surface area contributed by atoms with Crippen LogP contribution in [0.25, 0.3) is 0 Å². The van der Waals surface area contributed by atoms with E-state index < -0.39 is 46.5 Å². The molecule has 0 aromatic heterocycles. The van der Waals surface area contributed by atoms with E-state index in [4.69, 9.17) is 5.11 Å². The molecule has 178 valence electrons. The average Bonchev–Trinajstić information content (AvgIpc) is 3.06. The van der Waals surface area contributed by atoms with Crippen LogP contribution in [0, 0.1) is 46.3 Å². The van der Waals surface area contributed by atoms with Crippen LogP contribution in [0.15, 0.2) is 0 Å². The number of rotatable bonds is 8. The summed E-state index contributed by atoms with van der Waals surface area (Å²) in [5.74, 6) is -5.28. The van der Waals surface area contributed by atoms with Gasteiger partial charge in [-0.1, -0.05) is 20.8 Å². The van der Waals surface area contributed by atoms with Gasteiger partial charge in [0.1, 0.15) is 11.6 Å². The zero-order valence-corrected chi connectivity index (χ0v) is 19.0. The Labute approximate surface area is 187 Å². The van der Waals surface area contributed by atoms with Gasteiger partial charge >= 0.3 is 17.9 Å². The fourth-order valence-electron chi connectivity index (χ4n) is 7.48. The van der Waals surface area contributed by atoms with E-state index in [2.05, 4.69) is 0 Å². The third kappa shape index (κ3) is 3.86. The maximum absolute atomic E-state index is 13.6. The van der Waals surface area contributed by atoms with Crippen LogP contribution in [0.1, 0.15) is 72.1 Å². The van der Waals surface area contributed by atoms with Crippen LogP contribution in [0.4, 0.5) is 0 Å². The number of fused-ring (bicyclic) bond motifs is 3. The zero-order valence-electron chi connectivity index (χ0n) is 19.0. The lowest BCUT2D eigenvalue weighted by atomic mass is 9.45. The average molecular weight is 451 g/mol. The van der Waals surface area contributed by atoms with E-state index in [1.165, 1.54) is 0 Å². The van der Waals surface area contributed by atoms with Crippen LogP contribution in [0.5, 0.6) is 0 Å². The summed E-state index contributed by atoms with van der Waals surface area (Å²) in [6, 6.07) is 0. The van der Waals surface area contributed by atoms with Crippen molar-refractivity contribution in [2.75, 3.05) is 0 Å². The minimum Gasteiger partial charge on any atom is -0.481 e. The fraction of sp³-hybridized carbons (Fsp3) is 0.792. The van der Waals surface area contributed by atoms with Crippen LogP contribution in [0.2, 0.25) is 0 Å². The van der Waals surface area contributed by atoms with E-state index in [9.17, 15) is 34.2 Å². The molecule has 0 saturated heterocycles. The molecule has 0 aliphatic heterocycles. The van der Waals surface area contributed by atoms with Crippen molar-refractivity contribution in [1.29, 1.82) is 0 Å². The molecule has 8 atom stereocenters. The van der Waals surface area contributed by atoms with Gasteiger partial charge in [-0.15, -0.1) is 0 Å². The SMILES string of the molecule is C[C@H](CCC(=O)O)[C@@H]1CC[C@@H]2[C@H]3C(=O)C[C@H](C(=O)O)[C@](C)(CCC(=O)O)[C@H]3CC(=O)[C@@]21C. The summed E-state index contributed by atoms with van der Waals surface area (Å²) in [4.78, 5) is 61.3. The van der Waals surface area contributed by atoms with Crippen LogP contribution >= 0.6 is 0 Å². The summed E-state index contributed by atoms with van der Waals surface area (Å²) in [6.45, 7) is 5.63. The highest BCUT2D eigenvalue weighted by atomic mass is 16.4. The summed E-state index contributed by atoms with van der Waals surface area (Å²) in [7, 11) is 0. The van der Waals surface area contributed by atoms with Crippen molar-refractivity contribution < 1.29 is 39.3 Å². The minimum absolute atomic E-state index is 0.00816. The van der Waals surface area contributed by atoms with Gasteiger partial charge < -0.3 is 15.3 Å². The minimum atomic E-state index is -1.11. The summed E-state index contributed by atoms with van der Waals surface area (Å²) in [6.07, 6.45) is 1.76. The number of hydrogen-bond donors (Lipinski definition) is 3. The molecule has 8 heteroatoms. The maximum atomic E-state index is 13.6. The topological polar surface area (TPSA) is 146 Å². The van der Waals surface area contributed by atoms with Gasteiger partial charge in [-0.25, -0.2) is 0 Å². The predicted molar refractivity (Wildman–Crippen MR) is 113 cm³/mol. The number of carboxylic acid groups (broad SMARTS) is 3. The van der Waals surface area contributed by atoms with Crippen LogP contribution in [-0.4, -0.2) is 44.8 Å². The van der Waals surface area contributed by atoms with Gasteiger partial charge in [0.2, 0.25) is 0 Å². The lowest BCUT2D eigenvalue weighted by Crippen LogP contribution is -2.60. The number of carboxylic acids is 3. The third-order valence-electron chi connectivity index (χ3n) is 9.30. The van der Waals surface area contributed by atoms with E-state index in [-0.39, 0.29) is 61.4 Å². The third-order valence-corrected chi connectivity index (χ3v) is 9.30. The molecule has 0 heterocycles. The molecule has 8 nitrogen and oxygen atoms in total. The number of carbonyl (C=O) groups is 5. The first-order valence-corrected chi connectivity index (χ1v) is 11.6. The van der Waals surface area contributed by atoms with Crippen molar-refractivity contribution in [3.63, 3.8) is 0 Å². The van der Waals surface area contributed by atoms with E-state index >= 15 is 0 Å². The molecule has 0 spiro atoms. The van der Waals surface area contributed by atoms with Gasteiger partial charge in [0.15, 0.2) is 0 Å². The molecule has 3 saturated carbocycles. The molecule has 0 aromatic carbocycles. The second-order valence-corrected chi connectivity index (χ2v) is 10.7. The van der Waals surface area contributed by atoms with E-state index in [1.54, 1.807) is 6.92 Å². The summed E-state index contributed by atoms with van der Waals surface area (Å²) < 4.78 is 0. The molecule has 3 aliphatic carbocycles. The smallest absolute Gasteiger partial charge is 0.307 e. The molecular formula is C24H34O8. The Morgan fingerprint density at radius 3 is 2.16 bits per heavy atom. The van der Waals surface area contributed by atoms with Gasteiger partial charge in [0.05, 0.1) is 5.92 Å². The first-order valence-electron chi connectivity index (χ1n) is 11.6. The Morgan fingerprint density at radius 1 is 0.969 bits per heavy atom. The molecule has 0 amide bonds. The quantitative estimate of drug-likeness (QED) is 0.511. The van der Waals surface area contributed by atoms with E-state index in [0.29, 0.717) is 12.8 Å². The van der Waals surface area contributed by atoms with Crippen molar-refractivity contribution in [2.24, 2.45) is 46.3 Å². The second kappa shape index (κ2) is 8.60. The molecule has 0 bridgehead atoms. The largest absolute Gasteiger partial charge is 0.481 e. The Bertz CT molecular complexity index is 834. The van der Waals surface area contributed by atoms with Crippen molar-refractivity contribution >= 4 is 29.5 Å². The Kier molecular flexibility index (Phi) is 6.55. The van der Waals surface area contributed by atoms with Gasteiger partial charge in [-0.2, -0.15) is 0 Å². The number of Topliss-reactive ketones (excluding diaryl/α,β-unsaturated/α-hetero) is 2. The first-order chi connectivity index (χ1) is 14.8. The number of aliphatic carboxylic acids is 3. The Hall–Kier alpha value is -2.25. The highest BCUT2D eigenvalue weighted by Gasteiger charge is 2.66. The first kappa shape index (κ1) is 24.4. The zero-order chi connectivity index (χ0) is 24.0. The summed E-state index contributed by atoms with van der Waals surface area (Å²) in [5.41, 5.74) is -1.69. The predicted octanol–water partition coefficient (Wildman–Crippen LogP) is 3.27. The fourth-order valence-corrected chi connectivity index (χ4v) is 7.48. The molecule has 3 aliphatic rings. The van der Waals surface area contributed by atoms with Crippen molar-refractivity contribution in [2.45, 2.75) is 72.1 Å². The molecule has 32 heavy (non-hydrogen) atoms. The van der Waals surface area contributed by atoms with Crippen molar-refractivity contribution in [1.82, 2.24) is 0 Å². The molecular weight excluding hydrogens is 416 g/mol. The highest BCUT2D eigenvalue weighted by Crippen LogP contribution is 2.65. The Balaban J connectivity index is 1.96. The van der Waals surface area contributed by atoms with Crippen LogP contribution < -0.4 is 0 Å². The molecule has 3 fully saturated rings. The van der Waals surface area contributed by atoms with Gasteiger partial charge in [0.25, 0.3) is 0 Å². The van der Waals surface area contributed by atoms with Gasteiger partial charge in [0, 0.05) is 37.0 Å². The summed E-state index contributed by atoms with van der Waals surface area (Å²) in [5, 5.41) is 28.1. The van der Waals surface area contributed by atoms with E-state index in [1.807, 2.05) is 13.8 Å². The molecule has 3 rings (SSSR count). The van der Waals surface area contributed by atoms with Crippen LogP contribution in [0.3, 0.4) is 0 Å². The van der Waals surface area contributed by atoms with Gasteiger partial charge in [-0.05, 0) is 54.8 Å². The normalized spacial score (nSPS) is 39.8. The number of carbonyl (C=O) groups excluding carboxylic acids is 2. The van der Waals surface area contributed by atoms with Crippen molar-refractivity contribution in [3.05, 3.63) is 0 Å². The molecule has 0 unspecified atom stereocenters. The monoisotopic (exact) mass is 450 g/mol. The lowest BCUT2D eigenvalue weighted by Gasteiger charge is -2.56. The van der Waals surface area contributed by atoms with Crippen molar-refractivity contribution in [3.8, 4) is 0 Å². The molecule has 3 N–H and O–H groups in total.